The smallest absolute Gasteiger partial charge is 0.142 e. The first-order chi connectivity index (χ1) is 11.0. The Morgan fingerprint density at radius 1 is 1.17 bits per heavy atom. The van der Waals surface area contributed by atoms with Gasteiger partial charge in [-0.15, -0.1) is 0 Å². The number of hydrogen-bond donors (Lipinski definition) is 2. The van der Waals surface area contributed by atoms with Gasteiger partial charge >= 0.3 is 0 Å². The second-order valence-corrected chi connectivity index (χ2v) is 6.47. The van der Waals surface area contributed by atoms with E-state index < -0.39 is 6.10 Å². The van der Waals surface area contributed by atoms with Crippen LogP contribution in [-0.2, 0) is 13.2 Å². The second-order valence-electron chi connectivity index (χ2n) is 5.63. The molecular formula is C18H21Cl2NO2. The average molecular weight is 354 g/mol. The maximum atomic E-state index is 9.34. The SMILES string of the molecule is Cc1ccc(COc2c(Cl)cc(Cl)cc2CNCC(C)O)cc1. The molecule has 0 spiro atoms. The Morgan fingerprint density at radius 3 is 2.52 bits per heavy atom. The van der Waals surface area contributed by atoms with Gasteiger partial charge in [-0.2, -0.15) is 0 Å². The molecule has 0 bridgehead atoms. The van der Waals surface area contributed by atoms with E-state index in [4.69, 9.17) is 27.9 Å². The van der Waals surface area contributed by atoms with Gasteiger partial charge in [0.25, 0.3) is 0 Å². The summed E-state index contributed by atoms with van der Waals surface area (Å²) in [5.74, 6) is 0.620. The van der Waals surface area contributed by atoms with Crippen molar-refractivity contribution in [2.45, 2.75) is 33.1 Å². The summed E-state index contributed by atoms with van der Waals surface area (Å²) in [4.78, 5) is 0. The zero-order chi connectivity index (χ0) is 16.8. The van der Waals surface area contributed by atoms with Crippen molar-refractivity contribution in [3.05, 3.63) is 63.1 Å². The Hall–Kier alpha value is -1.26. The van der Waals surface area contributed by atoms with E-state index in [9.17, 15) is 5.11 Å². The zero-order valence-electron chi connectivity index (χ0n) is 13.3. The van der Waals surface area contributed by atoms with Crippen molar-refractivity contribution in [1.82, 2.24) is 5.32 Å². The van der Waals surface area contributed by atoms with E-state index in [0.717, 1.165) is 11.1 Å². The van der Waals surface area contributed by atoms with Gasteiger partial charge in [0.05, 0.1) is 11.1 Å². The van der Waals surface area contributed by atoms with Crippen LogP contribution in [0.5, 0.6) is 5.75 Å². The fourth-order valence-corrected chi connectivity index (χ4v) is 2.75. The van der Waals surface area contributed by atoms with Crippen LogP contribution in [0.4, 0.5) is 0 Å². The van der Waals surface area contributed by atoms with Crippen LogP contribution in [-0.4, -0.2) is 17.8 Å². The molecule has 2 rings (SSSR count). The van der Waals surface area contributed by atoms with Crippen LogP contribution in [0.15, 0.2) is 36.4 Å². The Bertz CT molecular complexity index is 642. The van der Waals surface area contributed by atoms with Crippen molar-refractivity contribution < 1.29 is 9.84 Å². The molecule has 5 heteroatoms. The minimum Gasteiger partial charge on any atom is -0.487 e. The molecule has 0 aliphatic rings. The predicted octanol–water partition coefficient (Wildman–Crippen LogP) is 4.35. The highest BCUT2D eigenvalue weighted by Crippen LogP contribution is 2.33. The van der Waals surface area contributed by atoms with Crippen LogP contribution in [0.2, 0.25) is 10.0 Å². The van der Waals surface area contributed by atoms with Gasteiger partial charge in [0.15, 0.2) is 0 Å². The molecule has 0 aliphatic carbocycles. The Labute approximate surface area is 147 Å². The number of hydrogen-bond acceptors (Lipinski definition) is 3. The number of aliphatic hydroxyl groups excluding tert-OH is 1. The summed E-state index contributed by atoms with van der Waals surface area (Å²) in [5, 5.41) is 13.5. The third-order valence-electron chi connectivity index (χ3n) is 3.34. The van der Waals surface area contributed by atoms with Crippen molar-refractivity contribution in [2.75, 3.05) is 6.54 Å². The van der Waals surface area contributed by atoms with E-state index in [1.165, 1.54) is 5.56 Å². The topological polar surface area (TPSA) is 41.5 Å². The highest BCUT2D eigenvalue weighted by Gasteiger charge is 2.11. The Kier molecular flexibility index (Phi) is 6.72. The monoisotopic (exact) mass is 353 g/mol. The van der Waals surface area contributed by atoms with E-state index in [1.807, 2.05) is 37.3 Å². The molecule has 1 atom stereocenters. The van der Waals surface area contributed by atoms with E-state index in [0.29, 0.717) is 35.5 Å². The maximum absolute atomic E-state index is 9.34. The van der Waals surface area contributed by atoms with Crippen molar-refractivity contribution in [2.24, 2.45) is 0 Å². The minimum atomic E-state index is -0.415. The predicted molar refractivity (Wildman–Crippen MR) is 95.4 cm³/mol. The molecule has 0 saturated heterocycles. The van der Waals surface area contributed by atoms with Gasteiger partial charge in [-0.05, 0) is 31.5 Å². The molecule has 3 nitrogen and oxygen atoms in total. The molecule has 0 radical (unpaired) electrons. The number of rotatable bonds is 7. The van der Waals surface area contributed by atoms with Crippen LogP contribution in [0.3, 0.4) is 0 Å². The van der Waals surface area contributed by atoms with Crippen LogP contribution < -0.4 is 10.1 Å². The molecule has 1 unspecified atom stereocenters. The molecule has 2 aromatic rings. The lowest BCUT2D eigenvalue weighted by atomic mass is 10.1. The van der Waals surface area contributed by atoms with Crippen LogP contribution in [0.25, 0.3) is 0 Å². The highest BCUT2D eigenvalue weighted by atomic mass is 35.5. The van der Waals surface area contributed by atoms with Crippen LogP contribution in [0, 0.1) is 6.92 Å². The molecule has 23 heavy (non-hydrogen) atoms. The lowest BCUT2D eigenvalue weighted by molar-refractivity contribution is 0.190. The van der Waals surface area contributed by atoms with Gasteiger partial charge in [-0.25, -0.2) is 0 Å². The molecule has 2 N–H and O–H groups in total. The van der Waals surface area contributed by atoms with Gasteiger partial charge in [0.2, 0.25) is 0 Å². The van der Waals surface area contributed by atoms with Crippen molar-refractivity contribution in [3.63, 3.8) is 0 Å². The molecule has 0 saturated carbocycles. The summed E-state index contributed by atoms with van der Waals surface area (Å²) in [6.45, 7) is 5.22. The first-order valence-corrected chi connectivity index (χ1v) is 8.26. The molecule has 0 fully saturated rings. The van der Waals surface area contributed by atoms with Crippen molar-refractivity contribution in [1.29, 1.82) is 0 Å². The van der Waals surface area contributed by atoms with Gasteiger partial charge in [0, 0.05) is 23.7 Å². The van der Waals surface area contributed by atoms with Crippen LogP contribution in [0.1, 0.15) is 23.6 Å². The normalized spacial score (nSPS) is 12.2. The van der Waals surface area contributed by atoms with E-state index in [2.05, 4.69) is 5.32 Å². The summed E-state index contributed by atoms with van der Waals surface area (Å²) in [6.07, 6.45) is -0.415. The van der Waals surface area contributed by atoms with E-state index in [1.54, 1.807) is 13.0 Å². The van der Waals surface area contributed by atoms with Gasteiger partial charge in [0.1, 0.15) is 12.4 Å². The Balaban J connectivity index is 2.10. The number of nitrogens with one attached hydrogen (secondary N) is 1. The molecule has 0 aromatic heterocycles. The molecule has 0 amide bonds. The summed E-state index contributed by atoms with van der Waals surface area (Å²) >= 11 is 12.4. The summed E-state index contributed by atoms with van der Waals surface area (Å²) < 4.78 is 5.91. The first kappa shape index (κ1) is 18.1. The molecule has 0 aliphatic heterocycles. The number of halogens is 2. The fourth-order valence-electron chi connectivity index (χ4n) is 2.16. The first-order valence-electron chi connectivity index (χ1n) is 7.50. The zero-order valence-corrected chi connectivity index (χ0v) is 14.8. The number of ether oxygens (including phenoxy) is 1. The second kappa shape index (κ2) is 8.55. The molecule has 2 aromatic carbocycles. The van der Waals surface area contributed by atoms with Gasteiger partial charge in [-0.3, -0.25) is 0 Å². The molecular weight excluding hydrogens is 333 g/mol. The van der Waals surface area contributed by atoms with E-state index in [-0.39, 0.29) is 0 Å². The number of aryl methyl sites for hydroxylation is 1. The summed E-state index contributed by atoms with van der Waals surface area (Å²) in [6, 6.07) is 11.7. The van der Waals surface area contributed by atoms with Gasteiger partial charge in [-0.1, -0.05) is 53.0 Å². The minimum absolute atomic E-state index is 0.415. The molecule has 124 valence electrons. The third-order valence-corrected chi connectivity index (χ3v) is 3.84. The van der Waals surface area contributed by atoms with Crippen LogP contribution >= 0.6 is 23.2 Å². The summed E-state index contributed by atoms with van der Waals surface area (Å²) in [5.41, 5.74) is 3.15. The number of aliphatic hydroxyl groups is 1. The van der Waals surface area contributed by atoms with Gasteiger partial charge < -0.3 is 15.2 Å². The molecule has 0 heterocycles. The largest absolute Gasteiger partial charge is 0.487 e. The summed E-state index contributed by atoms with van der Waals surface area (Å²) in [7, 11) is 0. The van der Waals surface area contributed by atoms with Crippen molar-refractivity contribution >= 4 is 23.2 Å². The fraction of sp³-hybridized carbons (Fsp3) is 0.333. The third kappa shape index (κ3) is 5.70. The average Bonchev–Trinajstić information content (AvgIpc) is 2.47. The highest BCUT2D eigenvalue weighted by molar-refractivity contribution is 6.35. The lowest BCUT2D eigenvalue weighted by Crippen LogP contribution is -2.24. The van der Waals surface area contributed by atoms with Crippen molar-refractivity contribution in [3.8, 4) is 5.75 Å². The maximum Gasteiger partial charge on any atom is 0.142 e. The Morgan fingerprint density at radius 2 is 1.87 bits per heavy atom. The lowest BCUT2D eigenvalue weighted by Gasteiger charge is -2.15. The standard InChI is InChI=1S/C18H21Cl2NO2/c1-12-3-5-14(6-4-12)11-23-18-15(10-21-9-13(2)22)7-16(19)8-17(18)20/h3-8,13,21-22H,9-11H2,1-2H3. The van der Waals surface area contributed by atoms with E-state index >= 15 is 0 Å². The number of benzene rings is 2. The quantitative estimate of drug-likeness (QED) is 0.777.